The molecule has 2 aliphatic rings. The molecular formula is C36H32O3P2. The molecule has 0 N–H and O–H groups in total. The van der Waals surface area contributed by atoms with Crippen LogP contribution in [0.2, 0.25) is 0 Å². The van der Waals surface area contributed by atoms with Crippen LogP contribution in [0.15, 0.2) is 157 Å². The molecule has 2 aliphatic carbocycles. The van der Waals surface area contributed by atoms with Crippen molar-refractivity contribution in [2.75, 3.05) is 0 Å². The summed E-state index contributed by atoms with van der Waals surface area (Å²) in [5.41, 5.74) is -0.190. The van der Waals surface area contributed by atoms with E-state index in [1.807, 2.05) is 140 Å². The summed E-state index contributed by atoms with van der Waals surface area (Å²) in [4.78, 5) is 0. The highest BCUT2D eigenvalue weighted by Gasteiger charge is 2.39. The van der Waals surface area contributed by atoms with E-state index in [1.54, 1.807) is 0 Å². The van der Waals surface area contributed by atoms with Gasteiger partial charge in [0.2, 0.25) is 0 Å². The zero-order valence-electron chi connectivity index (χ0n) is 22.8. The molecule has 0 aliphatic heterocycles. The topological polar surface area (TPSA) is 43.4 Å². The molecule has 0 heterocycles. The van der Waals surface area contributed by atoms with Gasteiger partial charge in [0, 0.05) is 16.3 Å². The van der Waals surface area contributed by atoms with Crippen LogP contribution in [-0.2, 0) is 9.13 Å². The molecule has 5 heteroatoms. The first-order valence-corrected chi connectivity index (χ1v) is 17.5. The predicted molar refractivity (Wildman–Crippen MR) is 173 cm³/mol. The maximum absolute atomic E-state index is 15.3. The Morgan fingerprint density at radius 2 is 1.22 bits per heavy atom. The van der Waals surface area contributed by atoms with Crippen LogP contribution < -0.4 is 26.0 Å². The largest absolute Gasteiger partial charge is 0.456 e. The Bertz CT molecular complexity index is 1750. The van der Waals surface area contributed by atoms with Gasteiger partial charge in [-0.1, -0.05) is 127 Å². The third kappa shape index (κ3) is 5.17. The lowest BCUT2D eigenvalue weighted by Gasteiger charge is -2.29. The van der Waals surface area contributed by atoms with Crippen LogP contribution in [0.25, 0.3) is 0 Å². The van der Waals surface area contributed by atoms with Crippen LogP contribution in [0.4, 0.5) is 0 Å². The highest BCUT2D eigenvalue weighted by atomic mass is 31.2. The lowest BCUT2D eigenvalue weighted by atomic mass is 10.2. The van der Waals surface area contributed by atoms with Crippen molar-refractivity contribution < 1.29 is 13.9 Å². The molecule has 41 heavy (non-hydrogen) atoms. The number of hydrogen-bond acceptors (Lipinski definition) is 3. The number of hydrogen-bond donors (Lipinski definition) is 0. The molecule has 0 spiro atoms. The lowest BCUT2D eigenvalue weighted by molar-refractivity contribution is 0.488. The van der Waals surface area contributed by atoms with Gasteiger partial charge >= 0.3 is 0 Å². The molecule has 3 nitrogen and oxygen atoms in total. The highest BCUT2D eigenvalue weighted by Crippen LogP contribution is 2.57. The van der Waals surface area contributed by atoms with E-state index in [4.69, 9.17) is 4.74 Å². The molecule has 0 saturated heterocycles. The van der Waals surface area contributed by atoms with E-state index in [1.165, 1.54) is 0 Å². The van der Waals surface area contributed by atoms with E-state index in [9.17, 15) is 0 Å². The third-order valence-electron chi connectivity index (χ3n) is 7.73. The van der Waals surface area contributed by atoms with Crippen LogP contribution in [-0.4, -0.2) is 5.66 Å². The van der Waals surface area contributed by atoms with Gasteiger partial charge < -0.3 is 13.9 Å². The first-order valence-electron chi connectivity index (χ1n) is 14.0. The molecule has 3 atom stereocenters. The second-order valence-electron chi connectivity index (χ2n) is 10.2. The average molecular weight is 575 g/mol. The summed E-state index contributed by atoms with van der Waals surface area (Å²) in [7, 11) is -6.39. The van der Waals surface area contributed by atoms with Crippen LogP contribution in [0, 0.1) is 0 Å². The predicted octanol–water partition coefficient (Wildman–Crippen LogP) is 8.23. The number of ether oxygens (including phenoxy) is 1. The molecular weight excluding hydrogens is 542 g/mol. The van der Waals surface area contributed by atoms with E-state index < -0.39 is 14.3 Å². The normalized spacial score (nSPS) is 19.1. The minimum atomic E-state index is -3.22. The molecule has 4 aromatic rings. The van der Waals surface area contributed by atoms with Crippen molar-refractivity contribution in [1.29, 1.82) is 0 Å². The zero-order valence-corrected chi connectivity index (χ0v) is 24.5. The van der Waals surface area contributed by atoms with Crippen molar-refractivity contribution in [2.24, 2.45) is 0 Å². The van der Waals surface area contributed by atoms with Gasteiger partial charge in [-0.15, -0.1) is 0 Å². The van der Waals surface area contributed by atoms with Gasteiger partial charge in [0.25, 0.3) is 0 Å². The maximum atomic E-state index is 15.3. The Morgan fingerprint density at radius 1 is 0.610 bits per heavy atom. The Hall–Kier alpha value is -3.90. The molecule has 0 amide bonds. The standard InChI is InChI=1S/C36H32O3P2/c37-40(29-17-5-1-6-18-29,30-19-7-2-8-20-30)35-27-15-13-25-33(35)39-34-26-14-16-28-36(34)41(38,31-21-9-3-10-22-31)32-23-11-4-12-24-32/h1-11,13-19,21-23,25-28,30H,12,20,24H2. The SMILES string of the molecule is O=P(C1=CC=CCC1)(c1ccccc1)c1ccccc1Oc1ccccc1P(=O)(c1ccccc1)C1C=CC=CC1. The number of allylic oxidation sites excluding steroid dienone is 8. The number of para-hydroxylation sites is 2. The summed E-state index contributed by atoms with van der Waals surface area (Å²) >= 11 is 0. The zero-order chi connectivity index (χ0) is 28.1. The quantitative estimate of drug-likeness (QED) is 0.199. The van der Waals surface area contributed by atoms with Gasteiger partial charge in [-0.05, 0) is 48.8 Å². The maximum Gasteiger partial charge on any atom is 0.170 e. The summed E-state index contributed by atoms with van der Waals surface area (Å²) in [6.45, 7) is 0. The smallest absolute Gasteiger partial charge is 0.170 e. The fraction of sp³-hybridized carbons (Fsp3) is 0.111. The fourth-order valence-electron chi connectivity index (χ4n) is 5.69. The van der Waals surface area contributed by atoms with Crippen LogP contribution in [0.5, 0.6) is 11.5 Å². The molecule has 0 fully saturated rings. The minimum absolute atomic E-state index is 0.190. The summed E-state index contributed by atoms with van der Waals surface area (Å²) < 4.78 is 37.3. The van der Waals surface area contributed by atoms with Crippen molar-refractivity contribution in [3.8, 4) is 11.5 Å². The van der Waals surface area contributed by atoms with Gasteiger partial charge in [0.1, 0.15) is 11.5 Å². The van der Waals surface area contributed by atoms with Gasteiger partial charge in [-0.2, -0.15) is 0 Å². The Kier molecular flexibility index (Phi) is 7.93. The molecule has 4 aromatic carbocycles. The first-order chi connectivity index (χ1) is 20.1. The van der Waals surface area contributed by atoms with E-state index in [2.05, 4.69) is 12.2 Å². The summed E-state index contributed by atoms with van der Waals surface area (Å²) in [6.07, 6.45) is 16.4. The summed E-state index contributed by atoms with van der Waals surface area (Å²) in [5.74, 6) is 1.04. The van der Waals surface area contributed by atoms with Crippen molar-refractivity contribution in [3.05, 3.63) is 157 Å². The second kappa shape index (κ2) is 11.9. The second-order valence-corrected chi connectivity index (χ2v) is 16.0. The lowest BCUT2D eigenvalue weighted by Crippen LogP contribution is -2.26. The van der Waals surface area contributed by atoms with E-state index in [0.29, 0.717) is 28.5 Å². The average Bonchev–Trinajstić information content (AvgIpc) is 3.06. The fourth-order valence-corrected chi connectivity index (χ4v) is 11.8. The van der Waals surface area contributed by atoms with Crippen LogP contribution in [0.1, 0.15) is 19.3 Å². The Labute approximate surface area is 242 Å². The Balaban J connectivity index is 1.50. The van der Waals surface area contributed by atoms with Gasteiger partial charge in [-0.3, -0.25) is 0 Å². The molecule has 204 valence electrons. The van der Waals surface area contributed by atoms with Crippen LogP contribution in [0.3, 0.4) is 0 Å². The van der Waals surface area contributed by atoms with Crippen molar-refractivity contribution in [1.82, 2.24) is 0 Å². The third-order valence-corrected chi connectivity index (χ3v) is 14.5. The highest BCUT2D eigenvalue weighted by molar-refractivity contribution is 7.82. The van der Waals surface area contributed by atoms with E-state index >= 15 is 9.13 Å². The van der Waals surface area contributed by atoms with Gasteiger partial charge in [0.05, 0.1) is 10.6 Å². The van der Waals surface area contributed by atoms with Gasteiger partial charge in [-0.25, -0.2) is 0 Å². The van der Waals surface area contributed by atoms with E-state index in [0.717, 1.165) is 28.8 Å². The Morgan fingerprint density at radius 3 is 1.85 bits per heavy atom. The van der Waals surface area contributed by atoms with Crippen molar-refractivity contribution >= 4 is 35.5 Å². The summed E-state index contributed by atoms with van der Waals surface area (Å²) in [6, 6.07) is 34.6. The van der Waals surface area contributed by atoms with Gasteiger partial charge in [0.15, 0.2) is 14.3 Å². The van der Waals surface area contributed by atoms with Crippen molar-refractivity contribution in [2.45, 2.75) is 24.9 Å². The molecule has 0 bridgehead atoms. The van der Waals surface area contributed by atoms with Crippen LogP contribution >= 0.6 is 14.3 Å². The monoisotopic (exact) mass is 574 g/mol. The molecule has 0 saturated carbocycles. The number of benzene rings is 4. The van der Waals surface area contributed by atoms with Crippen molar-refractivity contribution in [3.63, 3.8) is 0 Å². The first kappa shape index (κ1) is 27.3. The summed E-state index contributed by atoms with van der Waals surface area (Å²) in [5, 5.41) is 3.80. The van der Waals surface area contributed by atoms with E-state index in [-0.39, 0.29) is 5.66 Å². The molecule has 0 radical (unpaired) electrons. The molecule has 6 rings (SSSR count). The minimum Gasteiger partial charge on any atom is -0.456 e. The molecule has 3 unspecified atom stereocenters. The number of rotatable bonds is 8. The molecule has 0 aromatic heterocycles.